The van der Waals surface area contributed by atoms with Crippen LogP contribution in [-0.2, 0) is 0 Å². The number of hydrogen-bond acceptors (Lipinski definition) is 0. The van der Waals surface area contributed by atoms with E-state index in [1.54, 1.807) is 0 Å². The van der Waals surface area contributed by atoms with E-state index in [1.165, 1.54) is 60.2 Å². The van der Waals surface area contributed by atoms with Crippen LogP contribution in [0.4, 0.5) is 0 Å². The van der Waals surface area contributed by atoms with E-state index < -0.39 is 0 Å². The summed E-state index contributed by atoms with van der Waals surface area (Å²) in [6, 6.07) is 18.0. The van der Waals surface area contributed by atoms with Gasteiger partial charge in [0, 0.05) is 0 Å². The van der Waals surface area contributed by atoms with Crippen molar-refractivity contribution in [1.82, 2.24) is 0 Å². The third kappa shape index (κ3) is 4.86. The predicted octanol–water partition coefficient (Wildman–Crippen LogP) is 9.01. The molecule has 0 saturated carbocycles. The third-order valence-electron chi connectivity index (χ3n) is 7.99. The van der Waals surface area contributed by atoms with Crippen LogP contribution in [0.3, 0.4) is 0 Å². The molecule has 3 aromatic rings. The molecule has 37 heavy (non-hydrogen) atoms. The smallest absolute Gasteiger partial charge is 0.00296 e. The molecule has 0 heteroatoms. The Balaban J connectivity index is 1.71. The maximum atomic E-state index is 4.68. The van der Waals surface area contributed by atoms with E-state index in [9.17, 15) is 0 Å². The molecule has 0 radical (unpaired) electrons. The second-order valence-corrected chi connectivity index (χ2v) is 10.6. The highest BCUT2D eigenvalue weighted by Gasteiger charge is 2.21. The molecule has 3 aromatic carbocycles. The van der Waals surface area contributed by atoms with Crippen molar-refractivity contribution in [1.29, 1.82) is 0 Å². The van der Waals surface area contributed by atoms with E-state index >= 15 is 0 Å². The largest absolute Gasteiger partial charge is 0.0955 e. The minimum Gasteiger partial charge on any atom is -0.0955 e. The molecule has 2 unspecified atom stereocenters. The van der Waals surface area contributed by atoms with Crippen LogP contribution < -0.4 is 10.4 Å². The Hall–Kier alpha value is -3.64. The molecule has 0 bridgehead atoms. The fourth-order valence-corrected chi connectivity index (χ4v) is 6.07. The summed E-state index contributed by atoms with van der Waals surface area (Å²) in [5.41, 5.74) is 8.92. The van der Waals surface area contributed by atoms with Crippen molar-refractivity contribution in [3.8, 4) is 11.1 Å². The summed E-state index contributed by atoms with van der Waals surface area (Å²) < 4.78 is 0. The number of hydrogen-bond donors (Lipinski definition) is 0. The topological polar surface area (TPSA) is 0 Å². The molecule has 0 heterocycles. The third-order valence-corrected chi connectivity index (χ3v) is 7.99. The second kappa shape index (κ2) is 10.8. The van der Waals surface area contributed by atoms with Crippen LogP contribution in [0, 0.1) is 11.8 Å². The quantitative estimate of drug-likeness (QED) is 0.307. The highest BCUT2D eigenvalue weighted by atomic mass is 14.2. The molecule has 0 fully saturated rings. The molecular formula is C37H38. The lowest BCUT2D eigenvalue weighted by Gasteiger charge is -2.24. The highest BCUT2D eigenvalue weighted by Crippen LogP contribution is 2.35. The molecular weight excluding hydrogens is 444 g/mol. The van der Waals surface area contributed by atoms with Crippen molar-refractivity contribution in [2.45, 2.75) is 46.5 Å². The average Bonchev–Trinajstić information content (AvgIpc) is 2.91. The van der Waals surface area contributed by atoms with Gasteiger partial charge < -0.3 is 0 Å². The number of rotatable bonds is 6. The molecule has 0 spiro atoms. The Labute approximate surface area is 222 Å². The highest BCUT2D eigenvalue weighted by molar-refractivity contribution is 6.03. The van der Waals surface area contributed by atoms with Gasteiger partial charge in [-0.15, -0.1) is 0 Å². The minimum atomic E-state index is 0.476. The van der Waals surface area contributed by atoms with Gasteiger partial charge in [-0.2, -0.15) is 0 Å². The van der Waals surface area contributed by atoms with Crippen LogP contribution in [-0.4, -0.2) is 0 Å². The van der Waals surface area contributed by atoms with E-state index in [4.69, 9.17) is 0 Å². The van der Waals surface area contributed by atoms with E-state index in [0.29, 0.717) is 11.8 Å². The zero-order valence-corrected chi connectivity index (χ0v) is 22.6. The number of fused-ring (bicyclic) bond motifs is 2. The van der Waals surface area contributed by atoms with E-state index in [2.05, 4.69) is 125 Å². The zero-order chi connectivity index (χ0) is 25.9. The first-order valence-corrected chi connectivity index (χ1v) is 13.7. The fourth-order valence-electron chi connectivity index (χ4n) is 6.07. The Kier molecular flexibility index (Phi) is 7.28. The Morgan fingerprint density at radius 1 is 1.00 bits per heavy atom. The van der Waals surface area contributed by atoms with Gasteiger partial charge in [-0.05, 0) is 106 Å². The number of allylic oxidation sites excluding steroid dienone is 8. The van der Waals surface area contributed by atoms with Crippen molar-refractivity contribution in [2.24, 2.45) is 11.8 Å². The normalized spacial score (nSPS) is 19.5. The Bertz CT molecular complexity index is 1570. The van der Waals surface area contributed by atoms with Gasteiger partial charge in [0.05, 0.1) is 0 Å². The van der Waals surface area contributed by atoms with Gasteiger partial charge >= 0.3 is 0 Å². The molecule has 0 aromatic heterocycles. The van der Waals surface area contributed by atoms with Crippen LogP contribution >= 0.6 is 0 Å². The summed E-state index contributed by atoms with van der Waals surface area (Å²) in [4.78, 5) is 0. The molecule has 0 saturated heterocycles. The number of benzene rings is 3. The van der Waals surface area contributed by atoms with Gasteiger partial charge in [-0.1, -0.05) is 117 Å². The zero-order valence-electron chi connectivity index (χ0n) is 22.6. The summed E-state index contributed by atoms with van der Waals surface area (Å²) >= 11 is 0. The van der Waals surface area contributed by atoms with Crippen LogP contribution in [0.5, 0.6) is 0 Å². The lowest BCUT2D eigenvalue weighted by atomic mass is 9.80. The standard InChI is InChI=1S/C37H38/c1-6-12-28(7-2)29-18-20-30(21-19-29)37-33-16-11-10-15-32(33)36(34-22-17-25(3)23-35(34)37)27(5)24-31-14-9-8-13-26(31)4/h6-8,10-13,15-16,18-23,25,31H,4-5,9,14,17,24H2,1-3H3/b12-6-,28-7+. The molecule has 2 aliphatic rings. The van der Waals surface area contributed by atoms with E-state index in [0.717, 1.165) is 25.7 Å². The SMILES string of the molecule is C=C(CC1CCC=CC1=C)c1c2c(c(-c3ccc(C(/C=C\C)=C/C)cc3)c3ccccc13)=CC(C)CC=2. The lowest BCUT2D eigenvalue weighted by molar-refractivity contribution is 0.579. The van der Waals surface area contributed by atoms with Gasteiger partial charge in [0.15, 0.2) is 0 Å². The molecule has 186 valence electrons. The van der Waals surface area contributed by atoms with Crippen LogP contribution in [0.2, 0.25) is 0 Å². The van der Waals surface area contributed by atoms with Crippen molar-refractivity contribution in [3.05, 3.63) is 119 Å². The Morgan fingerprint density at radius 3 is 2.46 bits per heavy atom. The van der Waals surface area contributed by atoms with Crippen LogP contribution in [0.1, 0.15) is 57.6 Å². The van der Waals surface area contributed by atoms with Crippen molar-refractivity contribution >= 4 is 34.1 Å². The van der Waals surface area contributed by atoms with Crippen LogP contribution in [0.25, 0.3) is 45.2 Å². The first-order chi connectivity index (χ1) is 18.0. The summed E-state index contributed by atoms with van der Waals surface area (Å²) in [5, 5.41) is 5.35. The minimum absolute atomic E-state index is 0.476. The van der Waals surface area contributed by atoms with Crippen molar-refractivity contribution in [3.63, 3.8) is 0 Å². The fraction of sp³-hybridized carbons (Fsp3) is 0.243. The maximum Gasteiger partial charge on any atom is -0.00296 e. The average molecular weight is 483 g/mol. The van der Waals surface area contributed by atoms with E-state index in [1.807, 2.05) is 0 Å². The molecule has 0 N–H and O–H groups in total. The first kappa shape index (κ1) is 25.0. The first-order valence-electron chi connectivity index (χ1n) is 13.7. The predicted molar refractivity (Wildman–Crippen MR) is 164 cm³/mol. The van der Waals surface area contributed by atoms with Gasteiger partial charge in [0.2, 0.25) is 0 Å². The van der Waals surface area contributed by atoms with E-state index in [-0.39, 0.29) is 0 Å². The molecule has 2 aliphatic carbocycles. The molecule has 0 nitrogen and oxygen atoms in total. The summed E-state index contributed by atoms with van der Waals surface area (Å²) in [7, 11) is 0. The molecule has 2 atom stereocenters. The maximum absolute atomic E-state index is 4.68. The van der Waals surface area contributed by atoms with Crippen molar-refractivity contribution in [2.75, 3.05) is 0 Å². The lowest BCUT2D eigenvalue weighted by Crippen LogP contribution is -2.34. The van der Waals surface area contributed by atoms with Crippen molar-refractivity contribution < 1.29 is 0 Å². The van der Waals surface area contributed by atoms with Crippen LogP contribution in [0.15, 0.2) is 97.6 Å². The summed E-state index contributed by atoms with van der Waals surface area (Å²) in [6.45, 7) is 15.5. The van der Waals surface area contributed by atoms with Gasteiger partial charge in [0.25, 0.3) is 0 Å². The second-order valence-electron chi connectivity index (χ2n) is 10.6. The van der Waals surface area contributed by atoms with Gasteiger partial charge in [-0.3, -0.25) is 0 Å². The molecule has 0 amide bonds. The molecule has 5 rings (SSSR count). The summed E-state index contributed by atoms with van der Waals surface area (Å²) in [6.07, 6.45) is 20.2. The Morgan fingerprint density at radius 2 is 1.76 bits per heavy atom. The van der Waals surface area contributed by atoms with Gasteiger partial charge in [0.1, 0.15) is 0 Å². The monoisotopic (exact) mass is 482 g/mol. The van der Waals surface area contributed by atoms with Gasteiger partial charge in [-0.25, -0.2) is 0 Å². The summed E-state index contributed by atoms with van der Waals surface area (Å²) in [5.74, 6) is 0.990. The molecule has 0 aliphatic heterocycles.